The van der Waals surface area contributed by atoms with Gasteiger partial charge in [-0.2, -0.15) is 0 Å². The highest BCUT2D eigenvalue weighted by Crippen LogP contribution is 2.35. The second kappa shape index (κ2) is 7.14. The van der Waals surface area contributed by atoms with Crippen LogP contribution in [0.4, 0.5) is 4.79 Å². The summed E-state index contributed by atoms with van der Waals surface area (Å²) in [6, 6.07) is 8.40. The van der Waals surface area contributed by atoms with Gasteiger partial charge in [0.05, 0.1) is 6.10 Å². The summed E-state index contributed by atoms with van der Waals surface area (Å²) in [6.07, 6.45) is 2.41. The van der Waals surface area contributed by atoms with Crippen LogP contribution in [-0.4, -0.2) is 30.3 Å². The molecule has 0 heterocycles. The monoisotopic (exact) mass is 304 g/mol. The highest BCUT2D eigenvalue weighted by atomic mass is 16.3. The van der Waals surface area contributed by atoms with Crippen LogP contribution in [-0.2, 0) is 12.8 Å². The molecule has 22 heavy (non-hydrogen) atoms. The van der Waals surface area contributed by atoms with E-state index in [0.717, 1.165) is 12.8 Å². The Morgan fingerprint density at radius 2 is 1.82 bits per heavy atom. The molecule has 1 aliphatic rings. The van der Waals surface area contributed by atoms with Crippen LogP contribution >= 0.6 is 0 Å². The molecule has 0 radical (unpaired) electrons. The van der Waals surface area contributed by atoms with Crippen molar-refractivity contribution in [2.24, 2.45) is 11.3 Å². The van der Waals surface area contributed by atoms with Crippen LogP contribution in [0.25, 0.3) is 0 Å². The van der Waals surface area contributed by atoms with E-state index in [1.165, 1.54) is 11.1 Å². The maximum atomic E-state index is 11.9. The van der Waals surface area contributed by atoms with E-state index >= 15 is 0 Å². The molecule has 0 aliphatic heterocycles. The van der Waals surface area contributed by atoms with Crippen LogP contribution in [0.1, 0.15) is 38.3 Å². The number of carbonyl (C=O) groups is 1. The molecule has 4 nitrogen and oxygen atoms in total. The minimum absolute atomic E-state index is 0.103. The van der Waals surface area contributed by atoms with E-state index in [4.69, 9.17) is 0 Å². The van der Waals surface area contributed by atoms with E-state index in [1.54, 1.807) is 6.92 Å². The molecule has 2 rings (SSSR count). The number of nitrogens with one attached hydrogen (secondary N) is 2. The number of hydrogen-bond acceptors (Lipinski definition) is 2. The van der Waals surface area contributed by atoms with Crippen LogP contribution < -0.4 is 10.6 Å². The van der Waals surface area contributed by atoms with Crippen molar-refractivity contribution in [3.63, 3.8) is 0 Å². The Labute approximate surface area is 133 Å². The van der Waals surface area contributed by atoms with Crippen LogP contribution in [0, 0.1) is 11.3 Å². The quantitative estimate of drug-likeness (QED) is 0.756. The number of urea groups is 1. The summed E-state index contributed by atoms with van der Waals surface area (Å²) in [5, 5.41) is 15.2. The Morgan fingerprint density at radius 1 is 1.23 bits per heavy atom. The zero-order valence-corrected chi connectivity index (χ0v) is 13.9. The van der Waals surface area contributed by atoms with Crippen LogP contribution in [0.2, 0.25) is 0 Å². The Balaban J connectivity index is 1.73. The molecule has 0 aromatic heterocycles. The first-order valence-electron chi connectivity index (χ1n) is 8.14. The molecule has 1 aromatic carbocycles. The maximum Gasteiger partial charge on any atom is 0.314 e. The first-order chi connectivity index (χ1) is 10.4. The maximum absolute atomic E-state index is 11.9. The SMILES string of the molecule is CC(O)CC(C)CNC(=O)NCC1(C)Cc2ccccc2C1. The van der Waals surface area contributed by atoms with Crippen LogP contribution in [0.15, 0.2) is 24.3 Å². The molecular weight excluding hydrogens is 276 g/mol. The zero-order chi connectivity index (χ0) is 16.2. The Kier molecular flexibility index (Phi) is 5.46. The number of carbonyl (C=O) groups excluding carboxylic acids is 1. The van der Waals surface area contributed by atoms with E-state index in [-0.39, 0.29) is 23.5 Å². The summed E-state index contributed by atoms with van der Waals surface area (Å²) in [6.45, 7) is 7.30. The average Bonchev–Trinajstić information content (AvgIpc) is 2.79. The number of hydrogen-bond donors (Lipinski definition) is 3. The van der Waals surface area contributed by atoms with Gasteiger partial charge in [-0.1, -0.05) is 38.1 Å². The van der Waals surface area contributed by atoms with Crippen molar-refractivity contribution in [2.45, 2.75) is 46.1 Å². The molecule has 0 saturated carbocycles. The number of fused-ring (bicyclic) bond motifs is 1. The molecular formula is C18H28N2O2. The summed E-state index contributed by atoms with van der Waals surface area (Å²) < 4.78 is 0. The van der Waals surface area contributed by atoms with E-state index in [1.807, 2.05) is 6.92 Å². The predicted molar refractivity (Wildman–Crippen MR) is 88.8 cm³/mol. The van der Waals surface area contributed by atoms with Crippen molar-refractivity contribution >= 4 is 6.03 Å². The molecule has 2 unspecified atom stereocenters. The van der Waals surface area contributed by atoms with Crippen molar-refractivity contribution in [2.75, 3.05) is 13.1 Å². The van der Waals surface area contributed by atoms with Crippen molar-refractivity contribution in [1.29, 1.82) is 0 Å². The number of rotatable bonds is 6. The Hall–Kier alpha value is -1.55. The van der Waals surface area contributed by atoms with E-state index < -0.39 is 0 Å². The van der Waals surface area contributed by atoms with E-state index in [0.29, 0.717) is 19.5 Å². The molecule has 2 atom stereocenters. The average molecular weight is 304 g/mol. The van der Waals surface area contributed by atoms with Crippen molar-refractivity contribution in [3.8, 4) is 0 Å². The first-order valence-corrected chi connectivity index (χ1v) is 8.14. The predicted octanol–water partition coefficient (Wildman–Crippen LogP) is 2.50. The fourth-order valence-corrected chi connectivity index (χ4v) is 3.30. The molecule has 0 spiro atoms. The van der Waals surface area contributed by atoms with Gasteiger partial charge < -0.3 is 15.7 Å². The van der Waals surface area contributed by atoms with Gasteiger partial charge in [0.25, 0.3) is 0 Å². The second-order valence-corrected chi connectivity index (χ2v) is 7.19. The molecule has 1 aromatic rings. The number of amides is 2. The summed E-state index contributed by atoms with van der Waals surface area (Å²) in [7, 11) is 0. The summed E-state index contributed by atoms with van der Waals surface area (Å²) in [5.74, 6) is 0.275. The Morgan fingerprint density at radius 3 is 2.36 bits per heavy atom. The fourth-order valence-electron chi connectivity index (χ4n) is 3.30. The molecule has 122 valence electrons. The minimum atomic E-state index is -0.323. The molecule has 4 heteroatoms. The first kappa shape index (κ1) is 16.8. The molecule has 0 bridgehead atoms. The van der Waals surface area contributed by atoms with Gasteiger partial charge in [0.15, 0.2) is 0 Å². The molecule has 0 saturated heterocycles. The standard InChI is InChI=1S/C18H28N2O2/c1-13(8-14(2)21)11-19-17(22)20-12-18(3)9-15-6-4-5-7-16(15)10-18/h4-7,13-14,21H,8-12H2,1-3H3,(H2,19,20,22). The lowest BCUT2D eigenvalue weighted by atomic mass is 9.87. The van der Waals surface area contributed by atoms with E-state index in [2.05, 4.69) is 41.8 Å². The van der Waals surface area contributed by atoms with Gasteiger partial charge in [-0.05, 0) is 48.6 Å². The van der Waals surface area contributed by atoms with Crippen molar-refractivity contribution in [1.82, 2.24) is 10.6 Å². The molecule has 1 aliphatic carbocycles. The minimum Gasteiger partial charge on any atom is -0.393 e. The normalized spacial score (nSPS) is 18.4. The zero-order valence-electron chi connectivity index (χ0n) is 13.9. The smallest absolute Gasteiger partial charge is 0.314 e. The lowest BCUT2D eigenvalue weighted by molar-refractivity contribution is 0.163. The largest absolute Gasteiger partial charge is 0.393 e. The molecule has 3 N–H and O–H groups in total. The third-order valence-electron chi connectivity index (χ3n) is 4.38. The fraction of sp³-hybridized carbons (Fsp3) is 0.611. The summed E-state index contributed by atoms with van der Waals surface area (Å²) >= 11 is 0. The molecule has 2 amide bonds. The number of aliphatic hydroxyl groups excluding tert-OH is 1. The van der Waals surface area contributed by atoms with Gasteiger partial charge in [0.2, 0.25) is 0 Å². The number of benzene rings is 1. The highest BCUT2D eigenvalue weighted by Gasteiger charge is 2.32. The van der Waals surface area contributed by atoms with Gasteiger partial charge in [-0.25, -0.2) is 4.79 Å². The summed E-state index contributed by atoms with van der Waals surface area (Å²) in [5.41, 5.74) is 2.90. The third-order valence-corrected chi connectivity index (χ3v) is 4.38. The second-order valence-electron chi connectivity index (χ2n) is 7.19. The lowest BCUT2D eigenvalue weighted by Gasteiger charge is -2.24. The van der Waals surface area contributed by atoms with Gasteiger partial charge in [-0.15, -0.1) is 0 Å². The van der Waals surface area contributed by atoms with Crippen molar-refractivity contribution in [3.05, 3.63) is 35.4 Å². The van der Waals surface area contributed by atoms with Crippen LogP contribution in [0.3, 0.4) is 0 Å². The van der Waals surface area contributed by atoms with Gasteiger partial charge in [0, 0.05) is 13.1 Å². The Bertz CT molecular complexity index is 489. The van der Waals surface area contributed by atoms with E-state index in [9.17, 15) is 9.90 Å². The highest BCUT2D eigenvalue weighted by molar-refractivity contribution is 5.73. The lowest BCUT2D eigenvalue weighted by Crippen LogP contribution is -2.43. The molecule has 0 fully saturated rings. The summed E-state index contributed by atoms with van der Waals surface area (Å²) in [4.78, 5) is 11.9. The van der Waals surface area contributed by atoms with Gasteiger partial charge in [0.1, 0.15) is 0 Å². The van der Waals surface area contributed by atoms with Gasteiger partial charge in [-0.3, -0.25) is 0 Å². The topological polar surface area (TPSA) is 61.4 Å². The van der Waals surface area contributed by atoms with Crippen molar-refractivity contribution < 1.29 is 9.90 Å². The number of aliphatic hydroxyl groups is 1. The van der Waals surface area contributed by atoms with Crippen LogP contribution in [0.5, 0.6) is 0 Å². The third kappa shape index (κ3) is 4.73. The van der Waals surface area contributed by atoms with Gasteiger partial charge >= 0.3 is 6.03 Å².